The Kier molecular flexibility index (Phi) is 5.40. The molecule has 2 aromatic carbocycles. The molecule has 1 aliphatic heterocycles. The van der Waals surface area contributed by atoms with Crippen LogP contribution in [0.25, 0.3) is 16.6 Å². The van der Waals surface area contributed by atoms with Crippen LogP contribution in [0.4, 0.5) is 0 Å². The molecule has 1 saturated heterocycles. The van der Waals surface area contributed by atoms with Crippen molar-refractivity contribution in [3.8, 4) is 11.4 Å². The van der Waals surface area contributed by atoms with Gasteiger partial charge in [0.1, 0.15) is 11.6 Å². The van der Waals surface area contributed by atoms with E-state index in [1.54, 1.807) is 7.11 Å². The van der Waals surface area contributed by atoms with Gasteiger partial charge in [-0.1, -0.05) is 18.2 Å². The average molecular weight is 415 g/mol. The second kappa shape index (κ2) is 8.49. The maximum atomic E-state index is 10.8. The number of methoxy groups -OCH3 is 1. The quantitative estimate of drug-likeness (QED) is 0.524. The minimum Gasteiger partial charge on any atom is -0.497 e. The van der Waals surface area contributed by atoms with Crippen LogP contribution in [0, 0.1) is 5.92 Å². The average Bonchev–Trinajstić information content (AvgIpc) is 3.40. The first-order chi connectivity index (χ1) is 15.2. The highest BCUT2D eigenvalue weighted by atomic mass is 16.5. The summed E-state index contributed by atoms with van der Waals surface area (Å²) in [5, 5.41) is 11.9. The lowest BCUT2D eigenvalue weighted by Gasteiger charge is -2.17. The number of benzene rings is 2. The monoisotopic (exact) mass is 414 g/mol. The molecule has 2 aromatic heterocycles. The molecule has 3 heterocycles. The highest BCUT2D eigenvalue weighted by Crippen LogP contribution is 2.26. The highest BCUT2D eigenvalue weighted by molar-refractivity contribution is 5.81. The second-order valence-corrected chi connectivity index (χ2v) is 8.12. The van der Waals surface area contributed by atoms with Crippen LogP contribution in [0.5, 0.6) is 5.75 Å². The maximum Gasteiger partial charge on any atom is 0.127 e. The van der Waals surface area contributed by atoms with E-state index < -0.39 is 0 Å². The third kappa shape index (κ3) is 4.04. The number of aliphatic hydroxyl groups excluding tert-OH is 1. The summed E-state index contributed by atoms with van der Waals surface area (Å²) < 4.78 is 7.35. The summed E-state index contributed by atoms with van der Waals surface area (Å²) in [5.41, 5.74) is 3.30. The third-order valence-corrected chi connectivity index (χ3v) is 6.14. The van der Waals surface area contributed by atoms with E-state index in [0.29, 0.717) is 13.1 Å². The van der Waals surface area contributed by atoms with E-state index in [1.807, 2.05) is 61.1 Å². The Morgan fingerprint density at radius 2 is 1.84 bits per heavy atom. The fourth-order valence-corrected chi connectivity index (χ4v) is 4.52. The zero-order valence-corrected chi connectivity index (χ0v) is 17.6. The Morgan fingerprint density at radius 1 is 1.00 bits per heavy atom. The van der Waals surface area contributed by atoms with Crippen molar-refractivity contribution in [1.29, 1.82) is 0 Å². The first-order valence-corrected chi connectivity index (χ1v) is 10.6. The zero-order chi connectivity index (χ0) is 21.2. The van der Waals surface area contributed by atoms with Crippen molar-refractivity contribution in [2.75, 3.05) is 20.2 Å². The summed E-state index contributed by atoms with van der Waals surface area (Å²) in [6.45, 7) is 2.19. The number of pyridine rings is 1. The number of imidazole rings is 1. The van der Waals surface area contributed by atoms with E-state index in [-0.39, 0.29) is 12.0 Å². The van der Waals surface area contributed by atoms with Crippen LogP contribution in [-0.4, -0.2) is 50.8 Å². The van der Waals surface area contributed by atoms with Crippen molar-refractivity contribution in [1.82, 2.24) is 19.4 Å². The third-order valence-electron chi connectivity index (χ3n) is 6.14. The number of rotatable bonds is 6. The van der Waals surface area contributed by atoms with E-state index in [9.17, 15) is 5.11 Å². The van der Waals surface area contributed by atoms with Gasteiger partial charge >= 0.3 is 0 Å². The van der Waals surface area contributed by atoms with Gasteiger partial charge in [-0.2, -0.15) is 0 Å². The Labute approximate surface area is 181 Å². The Balaban J connectivity index is 1.30. The first-order valence-electron chi connectivity index (χ1n) is 10.6. The fourth-order valence-electron chi connectivity index (χ4n) is 4.52. The number of para-hydroxylation sites is 1. The zero-order valence-electron chi connectivity index (χ0n) is 17.6. The fraction of sp³-hybridized carbons (Fsp3) is 0.280. The minimum absolute atomic E-state index is 0.190. The van der Waals surface area contributed by atoms with E-state index in [2.05, 4.69) is 31.6 Å². The van der Waals surface area contributed by atoms with E-state index >= 15 is 0 Å². The summed E-state index contributed by atoms with van der Waals surface area (Å²) in [6.07, 6.45) is 6.16. The number of aliphatic hydroxyl groups is 1. The molecule has 0 aliphatic carbocycles. The molecular weight excluding hydrogens is 388 g/mol. The van der Waals surface area contributed by atoms with Crippen LogP contribution in [0.1, 0.15) is 11.4 Å². The topological polar surface area (TPSA) is 63.4 Å². The molecule has 158 valence electrons. The summed E-state index contributed by atoms with van der Waals surface area (Å²) >= 11 is 0. The van der Waals surface area contributed by atoms with Gasteiger partial charge in [0.15, 0.2) is 0 Å². The lowest BCUT2D eigenvalue weighted by Crippen LogP contribution is -2.23. The van der Waals surface area contributed by atoms with Crippen LogP contribution in [0.15, 0.2) is 73.2 Å². The number of ether oxygens (including phenoxy) is 1. The van der Waals surface area contributed by atoms with Crippen molar-refractivity contribution in [3.05, 3.63) is 84.6 Å². The molecule has 0 bridgehead atoms. The van der Waals surface area contributed by atoms with E-state index in [0.717, 1.165) is 35.7 Å². The molecule has 2 atom stereocenters. The number of hydrogen-bond acceptors (Lipinski definition) is 5. The van der Waals surface area contributed by atoms with Crippen LogP contribution < -0.4 is 4.74 Å². The Bertz CT molecular complexity index is 1170. The van der Waals surface area contributed by atoms with Crippen molar-refractivity contribution in [2.24, 2.45) is 5.92 Å². The Hall–Kier alpha value is -3.22. The molecule has 0 unspecified atom stereocenters. The van der Waals surface area contributed by atoms with E-state index in [4.69, 9.17) is 4.74 Å². The molecule has 0 amide bonds. The van der Waals surface area contributed by atoms with Crippen LogP contribution in [-0.2, 0) is 13.0 Å². The molecule has 5 rings (SSSR count). The molecule has 0 radical (unpaired) electrons. The van der Waals surface area contributed by atoms with E-state index in [1.165, 1.54) is 10.9 Å². The van der Waals surface area contributed by atoms with Gasteiger partial charge in [-0.15, -0.1) is 0 Å². The number of β-amino-alcohol motifs (C(OH)–C–C–N with tert-alkyl or cyclic N) is 1. The molecular formula is C25H26N4O2. The largest absolute Gasteiger partial charge is 0.497 e. The molecule has 6 heteroatoms. The van der Waals surface area contributed by atoms with Gasteiger partial charge in [0.05, 0.1) is 25.3 Å². The SMILES string of the molecule is COc1ccc(-n2ccnc2CN2C[C@@H](Cc3ccnc4ccccc34)[C@@H](O)C2)cc1. The van der Waals surface area contributed by atoms with Gasteiger partial charge in [-0.3, -0.25) is 9.88 Å². The predicted octanol–water partition coefficient (Wildman–Crippen LogP) is 3.46. The number of nitrogens with zero attached hydrogens (tertiary/aromatic N) is 4. The normalized spacial score (nSPS) is 19.2. The smallest absolute Gasteiger partial charge is 0.127 e. The number of likely N-dealkylation sites (tertiary alicyclic amines) is 1. The van der Waals surface area contributed by atoms with Gasteiger partial charge in [0.2, 0.25) is 0 Å². The van der Waals surface area contributed by atoms with Gasteiger partial charge < -0.3 is 14.4 Å². The van der Waals surface area contributed by atoms with Gasteiger partial charge in [-0.25, -0.2) is 4.98 Å². The molecule has 31 heavy (non-hydrogen) atoms. The molecule has 1 aliphatic rings. The molecule has 0 saturated carbocycles. The van der Waals surface area contributed by atoms with Gasteiger partial charge in [0, 0.05) is 48.7 Å². The summed E-state index contributed by atoms with van der Waals surface area (Å²) in [7, 11) is 1.67. The minimum atomic E-state index is -0.351. The highest BCUT2D eigenvalue weighted by Gasteiger charge is 2.32. The van der Waals surface area contributed by atoms with Gasteiger partial charge in [0.25, 0.3) is 0 Å². The van der Waals surface area contributed by atoms with Crippen LogP contribution in [0.3, 0.4) is 0 Å². The predicted molar refractivity (Wildman–Crippen MR) is 120 cm³/mol. The van der Waals surface area contributed by atoms with Crippen molar-refractivity contribution in [2.45, 2.75) is 19.1 Å². The van der Waals surface area contributed by atoms with Crippen LogP contribution in [0.2, 0.25) is 0 Å². The number of fused-ring (bicyclic) bond motifs is 1. The van der Waals surface area contributed by atoms with Crippen molar-refractivity contribution >= 4 is 10.9 Å². The summed E-state index contributed by atoms with van der Waals surface area (Å²) in [6, 6.07) is 18.2. The molecule has 1 N–H and O–H groups in total. The standard InChI is InChI=1S/C25H26N4O2/c1-31-21-8-6-20(7-9-21)29-13-12-27-25(29)17-28-15-19(24(30)16-28)14-18-10-11-26-23-5-3-2-4-22(18)23/h2-13,19,24,30H,14-17H2,1H3/t19-,24+/m1/s1. The maximum absolute atomic E-state index is 10.8. The lowest BCUT2D eigenvalue weighted by atomic mass is 9.94. The second-order valence-electron chi connectivity index (χ2n) is 8.12. The van der Waals surface area contributed by atoms with Crippen molar-refractivity contribution < 1.29 is 9.84 Å². The number of aromatic nitrogens is 3. The molecule has 4 aromatic rings. The molecule has 6 nitrogen and oxygen atoms in total. The lowest BCUT2D eigenvalue weighted by molar-refractivity contribution is 0.141. The molecule has 1 fully saturated rings. The summed E-state index contributed by atoms with van der Waals surface area (Å²) in [5.74, 6) is 1.99. The number of hydrogen-bond donors (Lipinski definition) is 1. The first kappa shape index (κ1) is 19.7. The van der Waals surface area contributed by atoms with Crippen molar-refractivity contribution in [3.63, 3.8) is 0 Å². The van der Waals surface area contributed by atoms with Gasteiger partial charge in [-0.05, 0) is 48.4 Å². The van der Waals surface area contributed by atoms with Crippen LogP contribution >= 0.6 is 0 Å². The summed E-state index contributed by atoms with van der Waals surface area (Å²) in [4.78, 5) is 11.3. The molecule has 0 spiro atoms. The Morgan fingerprint density at radius 3 is 2.68 bits per heavy atom.